The van der Waals surface area contributed by atoms with Crippen LogP contribution in [0, 0.1) is 0 Å². The highest BCUT2D eigenvalue weighted by atomic mass is 16.5. The molecule has 0 fully saturated rings. The summed E-state index contributed by atoms with van der Waals surface area (Å²) in [5.41, 5.74) is 0.0665. The number of ether oxygens (including phenoxy) is 1. The Bertz CT molecular complexity index is 212. The Morgan fingerprint density at radius 2 is 2.00 bits per heavy atom. The van der Waals surface area contributed by atoms with Gasteiger partial charge in [-0.05, 0) is 27.7 Å². The molecule has 0 aromatic rings. The third-order valence-corrected chi connectivity index (χ3v) is 2.46. The molecule has 1 unspecified atom stereocenters. The first kappa shape index (κ1) is 15.4. The molecule has 0 radical (unpaired) electrons. The van der Waals surface area contributed by atoms with Crippen molar-refractivity contribution in [3.63, 3.8) is 0 Å². The number of likely N-dealkylation sites (N-methyl/N-ethyl adjacent to an activating group) is 1. The number of carbonyl (C=O) groups is 1. The van der Waals surface area contributed by atoms with E-state index >= 15 is 0 Å². The molecular formula is C12H26N2O2. The van der Waals surface area contributed by atoms with Gasteiger partial charge >= 0.3 is 0 Å². The predicted molar refractivity (Wildman–Crippen MR) is 66.5 cm³/mol. The molecule has 0 aliphatic rings. The van der Waals surface area contributed by atoms with Crippen molar-refractivity contribution in [2.45, 2.75) is 45.7 Å². The monoisotopic (exact) mass is 230 g/mol. The first-order valence-corrected chi connectivity index (χ1v) is 5.77. The molecule has 96 valence electrons. The molecule has 0 heterocycles. The Balaban J connectivity index is 3.88. The number of amides is 1. The van der Waals surface area contributed by atoms with E-state index < -0.39 is 0 Å². The Labute approximate surface area is 99.3 Å². The normalized spacial score (nSPS) is 13.6. The van der Waals surface area contributed by atoms with Crippen LogP contribution in [0.25, 0.3) is 0 Å². The van der Waals surface area contributed by atoms with Gasteiger partial charge < -0.3 is 15.0 Å². The van der Waals surface area contributed by atoms with Crippen LogP contribution < -0.4 is 5.32 Å². The fourth-order valence-electron chi connectivity index (χ4n) is 1.32. The quantitative estimate of drug-likeness (QED) is 0.747. The topological polar surface area (TPSA) is 41.6 Å². The van der Waals surface area contributed by atoms with Crippen molar-refractivity contribution >= 4 is 5.91 Å². The summed E-state index contributed by atoms with van der Waals surface area (Å²) >= 11 is 0. The molecule has 4 heteroatoms. The summed E-state index contributed by atoms with van der Waals surface area (Å²) in [6.45, 7) is 9.55. The van der Waals surface area contributed by atoms with E-state index in [1.807, 2.05) is 14.0 Å². The molecule has 0 spiro atoms. The summed E-state index contributed by atoms with van der Waals surface area (Å²) in [6, 6.07) is 0.132. The van der Waals surface area contributed by atoms with Crippen LogP contribution in [0.1, 0.15) is 34.1 Å². The summed E-state index contributed by atoms with van der Waals surface area (Å²) in [5, 5.41) is 3.30. The summed E-state index contributed by atoms with van der Waals surface area (Å²) in [5.74, 6) is 0.154. The summed E-state index contributed by atoms with van der Waals surface area (Å²) in [6.07, 6.45) is 0.530. The Kier molecular flexibility index (Phi) is 6.60. The van der Waals surface area contributed by atoms with Gasteiger partial charge in [-0.1, -0.05) is 0 Å². The maximum Gasteiger partial charge on any atom is 0.223 e. The Morgan fingerprint density at radius 3 is 2.44 bits per heavy atom. The standard InChI is InChI=1S/C12H26N2O2/c1-10(9-16-6)14(5)11(15)7-8-13-12(2,3)4/h10,13H,7-9H2,1-6H3. The average molecular weight is 230 g/mol. The number of carbonyl (C=O) groups excluding carboxylic acids is 1. The predicted octanol–water partition coefficient (Wildman–Crippen LogP) is 1.26. The van der Waals surface area contributed by atoms with E-state index in [4.69, 9.17) is 4.74 Å². The number of methoxy groups -OCH3 is 1. The van der Waals surface area contributed by atoms with Crippen molar-refractivity contribution in [3.8, 4) is 0 Å². The molecule has 1 amide bonds. The molecule has 0 bridgehead atoms. The van der Waals surface area contributed by atoms with Crippen LogP contribution in [0.4, 0.5) is 0 Å². The lowest BCUT2D eigenvalue weighted by atomic mass is 10.1. The van der Waals surface area contributed by atoms with Gasteiger partial charge in [-0.25, -0.2) is 0 Å². The molecule has 4 nitrogen and oxygen atoms in total. The van der Waals surface area contributed by atoms with E-state index in [9.17, 15) is 4.79 Å². The van der Waals surface area contributed by atoms with E-state index in [1.165, 1.54) is 0 Å². The van der Waals surface area contributed by atoms with Crippen molar-refractivity contribution in [2.75, 3.05) is 27.3 Å². The van der Waals surface area contributed by atoms with Gasteiger partial charge in [0.25, 0.3) is 0 Å². The molecule has 0 aromatic heterocycles. The highest BCUT2D eigenvalue weighted by molar-refractivity contribution is 5.76. The largest absolute Gasteiger partial charge is 0.383 e. The number of hydrogen-bond donors (Lipinski definition) is 1. The molecule has 1 N–H and O–H groups in total. The first-order valence-electron chi connectivity index (χ1n) is 5.77. The van der Waals surface area contributed by atoms with E-state index in [0.717, 1.165) is 0 Å². The number of rotatable bonds is 6. The number of nitrogens with one attached hydrogen (secondary N) is 1. The number of nitrogens with zero attached hydrogens (tertiary/aromatic N) is 1. The second kappa shape index (κ2) is 6.86. The van der Waals surface area contributed by atoms with Crippen molar-refractivity contribution in [3.05, 3.63) is 0 Å². The third kappa shape index (κ3) is 6.80. The van der Waals surface area contributed by atoms with Gasteiger partial charge in [0.15, 0.2) is 0 Å². The summed E-state index contributed by atoms with van der Waals surface area (Å²) in [7, 11) is 3.47. The number of hydrogen-bond acceptors (Lipinski definition) is 3. The van der Waals surface area contributed by atoms with E-state index in [2.05, 4.69) is 26.1 Å². The molecule has 0 rings (SSSR count). The minimum absolute atomic E-state index is 0.0665. The van der Waals surface area contributed by atoms with Crippen LogP contribution in [0.3, 0.4) is 0 Å². The van der Waals surface area contributed by atoms with Gasteiger partial charge in [0.1, 0.15) is 0 Å². The van der Waals surface area contributed by atoms with Gasteiger partial charge in [-0.2, -0.15) is 0 Å². The SMILES string of the molecule is COCC(C)N(C)C(=O)CCNC(C)(C)C. The van der Waals surface area contributed by atoms with Crippen molar-refractivity contribution in [1.82, 2.24) is 10.2 Å². The second-order valence-electron chi connectivity index (χ2n) is 5.24. The lowest BCUT2D eigenvalue weighted by molar-refractivity contribution is -0.132. The summed E-state index contributed by atoms with van der Waals surface area (Å²) in [4.78, 5) is 13.5. The van der Waals surface area contributed by atoms with Gasteiger partial charge in [0, 0.05) is 32.7 Å². The fourth-order valence-corrected chi connectivity index (χ4v) is 1.32. The molecule has 0 saturated carbocycles. The van der Waals surface area contributed by atoms with Crippen LogP contribution in [-0.4, -0.2) is 49.7 Å². The Morgan fingerprint density at radius 1 is 1.44 bits per heavy atom. The highest BCUT2D eigenvalue weighted by Gasteiger charge is 2.16. The van der Waals surface area contributed by atoms with Crippen LogP contribution in [0.2, 0.25) is 0 Å². The molecule has 0 aromatic carbocycles. The zero-order valence-corrected chi connectivity index (χ0v) is 11.5. The lowest BCUT2D eigenvalue weighted by Crippen LogP contribution is -2.41. The molecular weight excluding hydrogens is 204 g/mol. The Hall–Kier alpha value is -0.610. The zero-order chi connectivity index (χ0) is 12.8. The van der Waals surface area contributed by atoms with E-state index in [0.29, 0.717) is 19.6 Å². The second-order valence-corrected chi connectivity index (χ2v) is 5.24. The van der Waals surface area contributed by atoms with Crippen LogP contribution in [-0.2, 0) is 9.53 Å². The van der Waals surface area contributed by atoms with E-state index in [-0.39, 0.29) is 17.5 Å². The maximum atomic E-state index is 11.8. The smallest absolute Gasteiger partial charge is 0.223 e. The van der Waals surface area contributed by atoms with E-state index in [1.54, 1.807) is 12.0 Å². The van der Waals surface area contributed by atoms with Crippen LogP contribution in [0.5, 0.6) is 0 Å². The zero-order valence-electron chi connectivity index (χ0n) is 11.5. The minimum Gasteiger partial charge on any atom is -0.383 e. The van der Waals surface area contributed by atoms with Crippen molar-refractivity contribution in [2.24, 2.45) is 0 Å². The van der Waals surface area contributed by atoms with Gasteiger partial charge in [0.05, 0.1) is 12.6 Å². The lowest BCUT2D eigenvalue weighted by Gasteiger charge is -2.25. The van der Waals surface area contributed by atoms with Crippen molar-refractivity contribution < 1.29 is 9.53 Å². The van der Waals surface area contributed by atoms with Crippen molar-refractivity contribution in [1.29, 1.82) is 0 Å². The molecule has 1 atom stereocenters. The average Bonchev–Trinajstić information content (AvgIpc) is 2.14. The molecule has 0 saturated heterocycles. The maximum absolute atomic E-state index is 11.8. The third-order valence-electron chi connectivity index (χ3n) is 2.46. The summed E-state index contributed by atoms with van der Waals surface area (Å²) < 4.78 is 5.02. The van der Waals surface area contributed by atoms with Gasteiger partial charge in [-0.15, -0.1) is 0 Å². The van der Waals surface area contributed by atoms with Crippen LogP contribution in [0.15, 0.2) is 0 Å². The molecule has 16 heavy (non-hydrogen) atoms. The van der Waals surface area contributed by atoms with Gasteiger partial charge in [0.2, 0.25) is 5.91 Å². The highest BCUT2D eigenvalue weighted by Crippen LogP contribution is 2.01. The minimum atomic E-state index is 0.0665. The van der Waals surface area contributed by atoms with Crippen LogP contribution >= 0.6 is 0 Å². The van der Waals surface area contributed by atoms with Gasteiger partial charge in [-0.3, -0.25) is 4.79 Å². The first-order chi connectivity index (χ1) is 7.28. The fraction of sp³-hybridized carbons (Fsp3) is 0.917. The molecule has 0 aliphatic carbocycles. The molecule has 0 aliphatic heterocycles.